The summed E-state index contributed by atoms with van der Waals surface area (Å²) in [5, 5.41) is 8.79. The van der Waals surface area contributed by atoms with Gasteiger partial charge in [0.1, 0.15) is 0 Å². The zero-order valence-electron chi connectivity index (χ0n) is 12.8. The fourth-order valence-electron chi connectivity index (χ4n) is 1.95. The molecule has 0 radical (unpaired) electrons. The summed E-state index contributed by atoms with van der Waals surface area (Å²) >= 11 is 1.55. The lowest BCUT2D eigenvalue weighted by Gasteiger charge is -2.35. The SMILES string of the molecule is CC(C)(C)N(CCC(=O)O)C(=O)CSCc1ccccc1. The first-order valence-corrected chi connectivity index (χ1v) is 8.10. The van der Waals surface area contributed by atoms with Gasteiger partial charge in [0, 0.05) is 17.8 Å². The summed E-state index contributed by atoms with van der Waals surface area (Å²) in [5.41, 5.74) is 0.822. The third-order valence-corrected chi connectivity index (χ3v) is 3.99. The maximum Gasteiger partial charge on any atom is 0.305 e. The quantitative estimate of drug-likeness (QED) is 0.841. The van der Waals surface area contributed by atoms with Crippen molar-refractivity contribution in [3.8, 4) is 0 Å². The molecule has 21 heavy (non-hydrogen) atoms. The minimum Gasteiger partial charge on any atom is -0.481 e. The minimum absolute atomic E-state index is 0.00955. The summed E-state index contributed by atoms with van der Waals surface area (Å²) in [6, 6.07) is 9.98. The van der Waals surface area contributed by atoms with Gasteiger partial charge in [-0.1, -0.05) is 30.3 Å². The number of nitrogens with zero attached hydrogens (tertiary/aromatic N) is 1. The van der Waals surface area contributed by atoms with Crippen molar-refractivity contribution in [2.75, 3.05) is 12.3 Å². The van der Waals surface area contributed by atoms with Crippen molar-refractivity contribution in [1.29, 1.82) is 0 Å². The standard InChI is InChI=1S/C16H23NO3S/c1-16(2,3)17(10-9-15(19)20)14(18)12-21-11-13-7-5-4-6-8-13/h4-8H,9-12H2,1-3H3,(H,19,20). The fourth-order valence-corrected chi connectivity index (χ4v) is 2.81. The van der Waals surface area contributed by atoms with E-state index >= 15 is 0 Å². The molecule has 1 rings (SSSR count). The Bertz CT molecular complexity index is 468. The lowest BCUT2D eigenvalue weighted by molar-refractivity contribution is -0.139. The van der Waals surface area contributed by atoms with Crippen LogP contribution in [-0.4, -0.2) is 39.7 Å². The second kappa shape index (κ2) is 8.08. The number of hydrogen-bond donors (Lipinski definition) is 1. The van der Waals surface area contributed by atoms with E-state index in [0.717, 1.165) is 5.75 Å². The van der Waals surface area contributed by atoms with Crippen molar-refractivity contribution in [2.24, 2.45) is 0 Å². The van der Waals surface area contributed by atoms with E-state index in [1.165, 1.54) is 5.56 Å². The summed E-state index contributed by atoms with van der Waals surface area (Å²) in [6.07, 6.45) is -0.0215. The van der Waals surface area contributed by atoms with Crippen LogP contribution in [0.4, 0.5) is 0 Å². The molecule has 116 valence electrons. The van der Waals surface area contributed by atoms with Crippen LogP contribution in [0.25, 0.3) is 0 Å². The first-order valence-electron chi connectivity index (χ1n) is 6.94. The number of rotatable bonds is 7. The first kappa shape index (κ1) is 17.6. The van der Waals surface area contributed by atoms with E-state index < -0.39 is 5.97 Å². The second-order valence-corrected chi connectivity index (χ2v) is 6.82. The number of amides is 1. The molecule has 1 aromatic rings. The van der Waals surface area contributed by atoms with Gasteiger partial charge >= 0.3 is 5.97 Å². The highest BCUT2D eigenvalue weighted by Gasteiger charge is 2.26. The normalized spacial score (nSPS) is 11.2. The molecule has 0 aliphatic rings. The van der Waals surface area contributed by atoms with Crippen LogP contribution >= 0.6 is 11.8 Å². The zero-order valence-corrected chi connectivity index (χ0v) is 13.7. The topological polar surface area (TPSA) is 57.6 Å². The molecule has 0 heterocycles. The summed E-state index contributed by atoms with van der Waals surface area (Å²) in [7, 11) is 0. The van der Waals surface area contributed by atoms with Crippen molar-refractivity contribution in [3.63, 3.8) is 0 Å². The lowest BCUT2D eigenvalue weighted by Crippen LogP contribution is -2.47. The van der Waals surface area contributed by atoms with Crippen LogP contribution in [0.2, 0.25) is 0 Å². The Morgan fingerprint density at radius 3 is 2.33 bits per heavy atom. The molecule has 0 saturated heterocycles. The van der Waals surface area contributed by atoms with Crippen LogP contribution in [-0.2, 0) is 15.3 Å². The number of carbonyl (C=O) groups is 2. The van der Waals surface area contributed by atoms with Gasteiger partial charge in [0.2, 0.25) is 5.91 Å². The van der Waals surface area contributed by atoms with E-state index in [1.54, 1.807) is 16.7 Å². The molecule has 0 unspecified atom stereocenters. The van der Waals surface area contributed by atoms with Gasteiger partial charge in [0.05, 0.1) is 12.2 Å². The fraction of sp³-hybridized carbons (Fsp3) is 0.500. The van der Waals surface area contributed by atoms with Crippen LogP contribution in [0.5, 0.6) is 0 Å². The van der Waals surface area contributed by atoms with Crippen molar-refractivity contribution >= 4 is 23.6 Å². The van der Waals surface area contributed by atoms with Gasteiger partial charge in [0.25, 0.3) is 0 Å². The van der Waals surface area contributed by atoms with Crippen LogP contribution < -0.4 is 0 Å². The highest BCUT2D eigenvalue weighted by atomic mass is 32.2. The van der Waals surface area contributed by atoms with E-state index in [2.05, 4.69) is 0 Å². The predicted octanol–water partition coefficient (Wildman–Crippen LogP) is 3.02. The molecule has 0 aliphatic carbocycles. The average Bonchev–Trinajstić information content (AvgIpc) is 2.38. The van der Waals surface area contributed by atoms with E-state index in [4.69, 9.17) is 5.11 Å². The van der Waals surface area contributed by atoms with E-state index in [1.807, 2.05) is 51.1 Å². The number of carboxylic acids is 1. The van der Waals surface area contributed by atoms with Gasteiger partial charge in [-0.15, -0.1) is 11.8 Å². The van der Waals surface area contributed by atoms with Crippen molar-refractivity contribution < 1.29 is 14.7 Å². The van der Waals surface area contributed by atoms with Crippen molar-refractivity contribution in [2.45, 2.75) is 38.5 Å². The largest absolute Gasteiger partial charge is 0.481 e. The number of carbonyl (C=O) groups excluding carboxylic acids is 1. The molecule has 0 aromatic heterocycles. The first-order chi connectivity index (χ1) is 9.80. The highest BCUT2D eigenvalue weighted by Crippen LogP contribution is 2.18. The summed E-state index contributed by atoms with van der Waals surface area (Å²) in [5.74, 6) is 0.258. The maximum absolute atomic E-state index is 12.3. The molecular formula is C16H23NO3S. The molecule has 0 bridgehead atoms. The highest BCUT2D eigenvalue weighted by molar-refractivity contribution is 7.99. The van der Waals surface area contributed by atoms with E-state index in [-0.39, 0.29) is 24.4 Å². The lowest BCUT2D eigenvalue weighted by atomic mass is 10.1. The van der Waals surface area contributed by atoms with Crippen LogP contribution in [0.3, 0.4) is 0 Å². The Labute approximate surface area is 130 Å². The Morgan fingerprint density at radius 1 is 1.19 bits per heavy atom. The smallest absolute Gasteiger partial charge is 0.305 e. The molecule has 1 N–H and O–H groups in total. The average molecular weight is 309 g/mol. The molecule has 0 aliphatic heterocycles. The molecule has 5 heteroatoms. The number of hydrogen-bond acceptors (Lipinski definition) is 3. The summed E-state index contributed by atoms with van der Waals surface area (Å²) in [4.78, 5) is 24.7. The maximum atomic E-state index is 12.3. The minimum atomic E-state index is -0.881. The predicted molar refractivity (Wildman–Crippen MR) is 86.3 cm³/mol. The van der Waals surface area contributed by atoms with Crippen molar-refractivity contribution in [3.05, 3.63) is 35.9 Å². The van der Waals surface area contributed by atoms with Gasteiger partial charge in [-0.25, -0.2) is 0 Å². The number of aliphatic carboxylic acids is 1. The van der Waals surface area contributed by atoms with Crippen molar-refractivity contribution in [1.82, 2.24) is 4.90 Å². The Hall–Kier alpha value is -1.49. The third kappa shape index (κ3) is 6.67. The van der Waals surface area contributed by atoms with E-state index in [9.17, 15) is 9.59 Å². The third-order valence-electron chi connectivity index (χ3n) is 3.00. The van der Waals surface area contributed by atoms with Gasteiger partial charge in [0.15, 0.2) is 0 Å². The number of thioether (sulfide) groups is 1. The molecule has 4 nitrogen and oxygen atoms in total. The van der Waals surface area contributed by atoms with E-state index in [0.29, 0.717) is 5.75 Å². The monoisotopic (exact) mass is 309 g/mol. The Morgan fingerprint density at radius 2 is 1.81 bits per heavy atom. The molecule has 0 saturated carbocycles. The number of carboxylic acid groups (broad SMARTS) is 1. The summed E-state index contributed by atoms with van der Waals surface area (Å²) in [6.45, 7) is 6.03. The van der Waals surface area contributed by atoms with Crippen LogP contribution in [0.1, 0.15) is 32.8 Å². The second-order valence-electron chi connectivity index (χ2n) is 5.84. The zero-order chi connectivity index (χ0) is 15.9. The Kier molecular flexibility index (Phi) is 6.75. The van der Waals surface area contributed by atoms with Gasteiger partial charge in [-0.2, -0.15) is 0 Å². The van der Waals surface area contributed by atoms with Gasteiger partial charge in [-0.05, 0) is 26.3 Å². The molecule has 1 aromatic carbocycles. The molecule has 1 amide bonds. The molecule has 0 spiro atoms. The Balaban J connectivity index is 2.50. The number of benzene rings is 1. The molecular weight excluding hydrogens is 286 g/mol. The summed E-state index contributed by atoms with van der Waals surface area (Å²) < 4.78 is 0. The van der Waals surface area contributed by atoms with Crippen LogP contribution in [0, 0.1) is 0 Å². The van der Waals surface area contributed by atoms with Gasteiger partial charge < -0.3 is 10.0 Å². The molecule has 0 atom stereocenters. The van der Waals surface area contributed by atoms with Gasteiger partial charge in [-0.3, -0.25) is 9.59 Å². The van der Waals surface area contributed by atoms with Crippen LogP contribution in [0.15, 0.2) is 30.3 Å². The molecule has 0 fully saturated rings.